The van der Waals surface area contributed by atoms with Gasteiger partial charge in [0.1, 0.15) is 0 Å². The third-order valence-electron chi connectivity index (χ3n) is 0.115. The van der Waals surface area contributed by atoms with Gasteiger partial charge >= 0.3 is 0 Å². The van der Waals surface area contributed by atoms with Crippen molar-refractivity contribution in [2.24, 2.45) is 10.2 Å². The van der Waals surface area contributed by atoms with E-state index in [-0.39, 0.29) is 0 Å². The molecule has 0 spiro atoms. The second-order valence-electron chi connectivity index (χ2n) is 0.315. The lowest BCUT2D eigenvalue weighted by Crippen LogP contribution is -1.55. The molecule has 0 aliphatic carbocycles. The van der Waals surface area contributed by atoms with Crippen molar-refractivity contribution in [3.05, 3.63) is 0 Å². The summed E-state index contributed by atoms with van der Waals surface area (Å²) >= 11 is 0. The van der Waals surface area contributed by atoms with Crippen LogP contribution in [0.3, 0.4) is 0 Å². The van der Waals surface area contributed by atoms with Crippen LogP contribution in [0.25, 0.3) is 0 Å². The quantitative estimate of drug-likeness (QED) is 0.422. The Morgan fingerprint density at radius 2 is 2.25 bits per heavy atom. The predicted molar refractivity (Wildman–Crippen MR) is 19.5 cm³/mol. The lowest BCUT2D eigenvalue weighted by Gasteiger charge is -1.52. The molecule has 0 saturated carbocycles. The van der Waals surface area contributed by atoms with E-state index in [9.17, 15) is 0 Å². The first-order valence-corrected chi connectivity index (χ1v) is 1.82. The fourth-order valence-corrected chi connectivity index (χ4v) is 0. The molecule has 0 aromatic heterocycles. The number of nitrogens with zero attached hydrogens (tertiary/aromatic N) is 1. The van der Waals surface area contributed by atoms with E-state index in [0.29, 0.717) is 8.52 Å². The summed E-state index contributed by atoms with van der Waals surface area (Å²) in [7, 11) is 2.29. The Morgan fingerprint density at radius 1 is 2.00 bits per heavy atom. The molecule has 0 aromatic rings. The van der Waals surface area contributed by atoms with Crippen molar-refractivity contribution >= 4 is 8.52 Å². The normalized spacial score (nSPS) is 9.50. The van der Waals surface area contributed by atoms with Crippen molar-refractivity contribution in [3.63, 3.8) is 0 Å². The first-order chi connectivity index (χ1) is 1.91. The highest BCUT2D eigenvalue weighted by Crippen LogP contribution is 1.72. The van der Waals surface area contributed by atoms with E-state index in [1.54, 1.807) is 7.05 Å². The van der Waals surface area contributed by atoms with Gasteiger partial charge in [0.2, 0.25) is 0 Å². The molecule has 0 radical (unpaired) electrons. The molecule has 0 aliphatic rings. The maximum atomic E-state index is 4.83. The van der Waals surface area contributed by atoms with Crippen molar-refractivity contribution < 1.29 is 0 Å². The molecule has 4 heavy (non-hydrogen) atoms. The van der Waals surface area contributed by atoms with Crippen LogP contribution in [-0.4, -0.2) is 7.05 Å². The summed E-state index contributed by atoms with van der Waals surface area (Å²) in [6.45, 7) is 0. The van der Waals surface area contributed by atoms with Crippen molar-refractivity contribution in [1.82, 2.24) is 0 Å². The Morgan fingerprint density at radius 3 is 2.25 bits per heavy atom. The van der Waals surface area contributed by atoms with Gasteiger partial charge < -0.3 is 0 Å². The molecule has 3 heteroatoms. The highest BCUT2D eigenvalue weighted by Gasteiger charge is 1.33. The maximum absolute atomic E-state index is 4.83. The molecule has 0 aliphatic heterocycles. The predicted octanol–water partition coefficient (Wildman–Crippen LogP) is 0.620. The van der Waals surface area contributed by atoms with E-state index in [4.69, 9.17) is 5.50 Å². The Labute approximate surface area is 27.0 Å². The summed E-state index contributed by atoms with van der Waals surface area (Å²) in [4.78, 5) is 0. The molecule has 2 nitrogen and oxygen atoms in total. The van der Waals surface area contributed by atoms with Gasteiger partial charge in [-0.3, -0.25) is 10.2 Å². The number of rotatable bonds is 0. The van der Waals surface area contributed by atoms with Gasteiger partial charge in [-0.05, 0) is 0 Å². The molecule has 0 unspecified atom stereocenters. The fraction of sp³-hybridized carbons (Fsp3) is 1.00. The van der Waals surface area contributed by atoms with Crippen LogP contribution in [0.1, 0.15) is 0 Å². The first-order valence-electron chi connectivity index (χ1n) is 0.905. The number of hydrogen-bond donors (Lipinski definition) is 1. The van der Waals surface area contributed by atoms with Gasteiger partial charge in [0.25, 0.3) is 0 Å². The topological polar surface area (TPSA) is 38.4 Å². The third kappa shape index (κ3) is 2.06. The molecule has 0 bridgehead atoms. The van der Waals surface area contributed by atoms with Crippen LogP contribution in [0.4, 0.5) is 0 Å². The Balaban J connectivity index is 2.55. The fourth-order valence-electron chi connectivity index (χ4n) is 0. The Kier molecular flexibility index (Phi) is 3.11. The van der Waals surface area contributed by atoms with Gasteiger partial charge in [-0.1, -0.05) is 0 Å². The molecular weight excluding hydrogens is 71.0 g/mol. The van der Waals surface area contributed by atoms with E-state index in [1.165, 1.54) is 0 Å². The van der Waals surface area contributed by atoms with Gasteiger partial charge in [0.15, 0.2) is 0 Å². The van der Waals surface area contributed by atoms with Crippen molar-refractivity contribution in [2.75, 3.05) is 7.05 Å². The van der Waals surface area contributed by atoms with Gasteiger partial charge in [0, 0.05) is 7.05 Å². The summed E-state index contributed by atoms with van der Waals surface area (Å²) in [5, 5.41) is 0. The maximum Gasteiger partial charge on any atom is 0.0870 e. The van der Waals surface area contributed by atoms with Gasteiger partial charge in [-0.25, -0.2) is 0 Å². The Bertz CT molecular complexity index is 21.2. The van der Waals surface area contributed by atoms with Crippen LogP contribution in [0.15, 0.2) is 4.74 Å². The largest absolute Gasteiger partial charge is 0.269 e. The van der Waals surface area contributed by atoms with Crippen LogP contribution in [-0.2, 0) is 0 Å². The van der Waals surface area contributed by atoms with Gasteiger partial charge in [-0.15, -0.1) is 0 Å². The second-order valence-corrected chi connectivity index (χ2v) is 0.946. The monoisotopic (exact) mass is 76.0 g/mol. The lowest BCUT2D eigenvalue weighted by molar-refractivity contribution is 1.50. The zero-order chi connectivity index (χ0) is 3.41. The van der Waals surface area contributed by atoms with Crippen molar-refractivity contribution in [1.29, 1.82) is 0 Å². The van der Waals surface area contributed by atoms with Crippen LogP contribution in [0.5, 0.6) is 0 Å². The summed E-state index contributed by atoms with van der Waals surface area (Å²) < 4.78 is 3.49. The average molecular weight is 76.0 g/mol. The van der Waals surface area contributed by atoms with E-state index in [0.717, 1.165) is 0 Å². The van der Waals surface area contributed by atoms with Crippen LogP contribution in [0.2, 0.25) is 0 Å². The minimum atomic E-state index is 0.623. The highest BCUT2D eigenvalue weighted by molar-refractivity contribution is 7.23. The summed E-state index contributed by atoms with van der Waals surface area (Å²) in [6.07, 6.45) is 0. The molecule has 2 N–H and O–H groups in total. The smallest absolute Gasteiger partial charge is 0.0870 e. The zero-order valence-corrected chi connectivity index (χ0v) is 3.37. The van der Waals surface area contributed by atoms with Gasteiger partial charge in [-0.2, -0.15) is 0 Å². The van der Waals surface area contributed by atoms with Crippen LogP contribution in [0, 0.1) is 0 Å². The standard InChI is InChI=1S/CH5N2P/c1-3-4-2/h1H3,(H2,2,3). The Hall–Kier alpha value is 0.0600. The van der Waals surface area contributed by atoms with Crippen molar-refractivity contribution in [3.8, 4) is 0 Å². The van der Waals surface area contributed by atoms with E-state index in [2.05, 4.69) is 4.74 Å². The summed E-state index contributed by atoms with van der Waals surface area (Å²) in [5.74, 6) is 0. The molecule has 0 aromatic carbocycles. The zero-order valence-electron chi connectivity index (χ0n) is 2.47. The van der Waals surface area contributed by atoms with E-state index < -0.39 is 0 Å². The summed E-state index contributed by atoms with van der Waals surface area (Å²) in [5.41, 5.74) is 4.83. The molecule has 0 atom stereocenters. The summed E-state index contributed by atoms with van der Waals surface area (Å²) in [6, 6.07) is 0. The molecule has 0 rings (SSSR count). The number of hydrogen-bond acceptors (Lipinski definition) is 1. The van der Waals surface area contributed by atoms with Crippen LogP contribution < -0.4 is 5.50 Å². The minimum Gasteiger partial charge on any atom is -0.269 e. The van der Waals surface area contributed by atoms with E-state index in [1.807, 2.05) is 0 Å². The average Bonchev–Trinajstić information content (AvgIpc) is 1.37. The first kappa shape index (κ1) is 4.06. The molecule has 0 fully saturated rings. The lowest BCUT2D eigenvalue weighted by atomic mass is 11.6. The molecule has 0 heterocycles. The number of nitrogens with two attached hydrogens (primary N) is 1. The molecule has 24 valence electrons. The third-order valence-corrected chi connectivity index (χ3v) is 0.346. The molecule has 0 amide bonds. The molecular formula is CH5N2P. The second kappa shape index (κ2) is 3.06. The molecule has 0 saturated heterocycles. The van der Waals surface area contributed by atoms with Gasteiger partial charge in [0.05, 0.1) is 8.52 Å². The highest BCUT2D eigenvalue weighted by atomic mass is 31.1. The van der Waals surface area contributed by atoms with Crippen LogP contribution >= 0.6 is 8.52 Å². The SMILES string of the molecule is CN=PN. The minimum absolute atomic E-state index is 0.623. The van der Waals surface area contributed by atoms with Crippen molar-refractivity contribution in [2.45, 2.75) is 0 Å². The van der Waals surface area contributed by atoms with E-state index >= 15 is 0 Å².